The van der Waals surface area contributed by atoms with Crippen LogP contribution in [0.25, 0.3) is 0 Å². The summed E-state index contributed by atoms with van der Waals surface area (Å²) in [7, 11) is 0. The third-order valence-corrected chi connectivity index (χ3v) is 3.99. The van der Waals surface area contributed by atoms with Crippen molar-refractivity contribution in [2.75, 3.05) is 39.3 Å². The molecular weight excluding hydrogens is 214 g/mol. The van der Waals surface area contributed by atoms with Crippen LogP contribution in [0, 0.1) is 5.92 Å². The molecule has 0 aromatic heterocycles. The molecule has 98 valence electrons. The zero-order chi connectivity index (χ0) is 12.3. The van der Waals surface area contributed by atoms with Gasteiger partial charge in [-0.2, -0.15) is 0 Å². The van der Waals surface area contributed by atoms with Gasteiger partial charge in [0.15, 0.2) is 0 Å². The second-order valence-electron chi connectivity index (χ2n) is 5.61. The Bertz CT molecular complexity index is 269. The summed E-state index contributed by atoms with van der Waals surface area (Å²) in [5, 5.41) is 3.36. The van der Waals surface area contributed by atoms with Crippen LogP contribution in [0.5, 0.6) is 0 Å². The summed E-state index contributed by atoms with van der Waals surface area (Å²) in [6.07, 6.45) is 2.44. The second kappa shape index (κ2) is 5.83. The van der Waals surface area contributed by atoms with E-state index in [0.29, 0.717) is 24.4 Å². The van der Waals surface area contributed by atoms with E-state index in [2.05, 4.69) is 29.0 Å². The number of nitrogens with one attached hydrogen (secondary N) is 1. The summed E-state index contributed by atoms with van der Waals surface area (Å²) in [5.74, 6) is 0.999. The molecule has 4 heteroatoms. The summed E-state index contributed by atoms with van der Waals surface area (Å²) in [6, 6.07) is 0.481. The van der Waals surface area contributed by atoms with Crippen LogP contribution < -0.4 is 5.32 Å². The van der Waals surface area contributed by atoms with Crippen LogP contribution in [0.3, 0.4) is 0 Å². The fraction of sp³-hybridized carbons (Fsp3) is 0.923. The summed E-state index contributed by atoms with van der Waals surface area (Å²) in [5.41, 5.74) is 0. The van der Waals surface area contributed by atoms with Gasteiger partial charge in [-0.05, 0) is 25.7 Å². The first-order valence-corrected chi connectivity index (χ1v) is 6.89. The maximum atomic E-state index is 12.2. The lowest BCUT2D eigenvalue weighted by molar-refractivity contribution is -0.134. The number of piperazine rings is 1. The van der Waals surface area contributed by atoms with Gasteiger partial charge in [0, 0.05) is 38.8 Å². The van der Waals surface area contributed by atoms with Gasteiger partial charge in [-0.1, -0.05) is 6.92 Å². The molecule has 0 aromatic rings. The average Bonchev–Trinajstić information content (AvgIpc) is 2.32. The zero-order valence-corrected chi connectivity index (χ0v) is 11.1. The van der Waals surface area contributed by atoms with Crippen molar-refractivity contribution in [2.24, 2.45) is 5.92 Å². The lowest BCUT2D eigenvalue weighted by Gasteiger charge is -2.36. The topological polar surface area (TPSA) is 35.6 Å². The molecule has 4 nitrogen and oxygen atoms in total. The fourth-order valence-corrected chi connectivity index (χ4v) is 2.81. The van der Waals surface area contributed by atoms with E-state index in [-0.39, 0.29) is 0 Å². The Morgan fingerprint density at radius 3 is 2.88 bits per heavy atom. The van der Waals surface area contributed by atoms with E-state index in [9.17, 15) is 4.79 Å². The number of piperidine rings is 1. The van der Waals surface area contributed by atoms with Crippen LogP contribution in [0.1, 0.15) is 26.7 Å². The van der Waals surface area contributed by atoms with Crippen LogP contribution in [-0.2, 0) is 4.79 Å². The molecule has 2 heterocycles. The number of amides is 1. The third-order valence-electron chi connectivity index (χ3n) is 3.99. The molecule has 0 radical (unpaired) electrons. The monoisotopic (exact) mass is 239 g/mol. The number of carbonyl (C=O) groups is 1. The Labute approximate surface area is 104 Å². The Hall–Kier alpha value is -0.610. The smallest absolute Gasteiger partial charge is 0.236 e. The second-order valence-corrected chi connectivity index (χ2v) is 5.61. The Balaban J connectivity index is 1.83. The molecule has 2 aliphatic rings. The van der Waals surface area contributed by atoms with Gasteiger partial charge >= 0.3 is 0 Å². The largest absolute Gasteiger partial charge is 0.341 e. The number of likely N-dealkylation sites (tertiary alicyclic amines) is 1. The standard InChI is InChI=1S/C13H25N3O/c1-11-4-3-6-16(9-11)13(17)10-15-7-5-14-8-12(15)2/h11-12,14H,3-10H2,1-2H3. The van der Waals surface area contributed by atoms with Gasteiger partial charge in [-0.25, -0.2) is 0 Å². The van der Waals surface area contributed by atoms with Gasteiger partial charge in [0.2, 0.25) is 5.91 Å². The molecule has 2 aliphatic heterocycles. The van der Waals surface area contributed by atoms with E-state index in [1.165, 1.54) is 12.8 Å². The van der Waals surface area contributed by atoms with Crippen LogP contribution in [-0.4, -0.2) is 61.0 Å². The van der Waals surface area contributed by atoms with E-state index in [1.807, 2.05) is 0 Å². The first-order valence-electron chi connectivity index (χ1n) is 6.89. The van der Waals surface area contributed by atoms with E-state index in [1.54, 1.807) is 0 Å². The number of carbonyl (C=O) groups excluding carboxylic acids is 1. The molecule has 1 N–H and O–H groups in total. The summed E-state index contributed by atoms with van der Waals surface area (Å²) >= 11 is 0. The fourth-order valence-electron chi connectivity index (χ4n) is 2.81. The van der Waals surface area contributed by atoms with E-state index in [0.717, 1.165) is 32.7 Å². The van der Waals surface area contributed by atoms with E-state index in [4.69, 9.17) is 0 Å². The highest BCUT2D eigenvalue weighted by Crippen LogP contribution is 2.16. The lowest BCUT2D eigenvalue weighted by Crippen LogP contribution is -2.54. The molecule has 2 saturated heterocycles. The van der Waals surface area contributed by atoms with Crippen molar-refractivity contribution in [3.8, 4) is 0 Å². The Morgan fingerprint density at radius 1 is 1.35 bits per heavy atom. The van der Waals surface area contributed by atoms with Crippen molar-refractivity contribution in [3.63, 3.8) is 0 Å². The van der Waals surface area contributed by atoms with Crippen LogP contribution in [0.2, 0.25) is 0 Å². The van der Waals surface area contributed by atoms with Crippen molar-refractivity contribution in [3.05, 3.63) is 0 Å². The van der Waals surface area contributed by atoms with Gasteiger partial charge in [-0.15, -0.1) is 0 Å². The number of hydrogen-bond donors (Lipinski definition) is 1. The van der Waals surface area contributed by atoms with Gasteiger partial charge in [0.25, 0.3) is 0 Å². The van der Waals surface area contributed by atoms with Crippen molar-refractivity contribution in [1.82, 2.24) is 15.1 Å². The van der Waals surface area contributed by atoms with Gasteiger partial charge in [0.1, 0.15) is 0 Å². The van der Waals surface area contributed by atoms with Crippen LogP contribution >= 0.6 is 0 Å². The van der Waals surface area contributed by atoms with Crippen molar-refractivity contribution in [2.45, 2.75) is 32.7 Å². The molecular formula is C13H25N3O. The quantitative estimate of drug-likeness (QED) is 0.764. The number of nitrogens with zero attached hydrogens (tertiary/aromatic N) is 2. The van der Waals surface area contributed by atoms with E-state index >= 15 is 0 Å². The number of hydrogen-bond acceptors (Lipinski definition) is 3. The highest BCUT2D eigenvalue weighted by Gasteiger charge is 2.25. The Kier molecular flexibility index (Phi) is 4.40. The molecule has 2 fully saturated rings. The maximum absolute atomic E-state index is 12.2. The van der Waals surface area contributed by atoms with Gasteiger partial charge < -0.3 is 10.2 Å². The predicted molar refractivity (Wildman–Crippen MR) is 68.9 cm³/mol. The summed E-state index contributed by atoms with van der Waals surface area (Å²) in [4.78, 5) is 16.6. The van der Waals surface area contributed by atoms with Crippen molar-refractivity contribution >= 4 is 5.91 Å². The molecule has 0 aromatic carbocycles. The normalized spacial score (nSPS) is 31.5. The van der Waals surface area contributed by atoms with Gasteiger partial charge in [0.05, 0.1) is 6.54 Å². The van der Waals surface area contributed by atoms with Crippen molar-refractivity contribution in [1.29, 1.82) is 0 Å². The van der Waals surface area contributed by atoms with Crippen molar-refractivity contribution < 1.29 is 4.79 Å². The maximum Gasteiger partial charge on any atom is 0.236 e. The molecule has 17 heavy (non-hydrogen) atoms. The third kappa shape index (κ3) is 3.42. The van der Waals surface area contributed by atoms with Gasteiger partial charge in [-0.3, -0.25) is 9.69 Å². The highest BCUT2D eigenvalue weighted by atomic mass is 16.2. The number of rotatable bonds is 2. The first-order chi connectivity index (χ1) is 8.16. The molecule has 0 saturated carbocycles. The summed E-state index contributed by atoms with van der Waals surface area (Å²) in [6.45, 7) is 9.97. The zero-order valence-electron chi connectivity index (χ0n) is 11.1. The SMILES string of the molecule is CC1CCCN(C(=O)CN2CCNCC2C)C1. The lowest BCUT2D eigenvalue weighted by atomic mass is 10.0. The molecule has 0 bridgehead atoms. The van der Waals surface area contributed by atoms with E-state index < -0.39 is 0 Å². The van der Waals surface area contributed by atoms with Crippen LogP contribution in [0.15, 0.2) is 0 Å². The molecule has 0 aliphatic carbocycles. The molecule has 2 unspecified atom stereocenters. The highest BCUT2D eigenvalue weighted by molar-refractivity contribution is 5.78. The Morgan fingerprint density at radius 2 is 2.18 bits per heavy atom. The first kappa shape index (κ1) is 12.8. The molecule has 2 rings (SSSR count). The minimum Gasteiger partial charge on any atom is -0.341 e. The minimum atomic E-state index is 0.324. The predicted octanol–water partition coefficient (Wildman–Crippen LogP) is 0.539. The molecule has 2 atom stereocenters. The average molecular weight is 239 g/mol. The minimum absolute atomic E-state index is 0.324. The molecule has 0 spiro atoms. The molecule has 1 amide bonds. The summed E-state index contributed by atoms with van der Waals surface area (Å²) < 4.78 is 0. The van der Waals surface area contributed by atoms with Crippen LogP contribution in [0.4, 0.5) is 0 Å².